The molecule has 0 fully saturated rings. The second-order valence-corrected chi connectivity index (χ2v) is 6.53. The van der Waals surface area contributed by atoms with Gasteiger partial charge in [-0.15, -0.1) is 0 Å². The molecule has 0 atom stereocenters. The van der Waals surface area contributed by atoms with Gasteiger partial charge in [0, 0.05) is 18.2 Å². The molecular weight excluding hydrogens is 304 g/mol. The van der Waals surface area contributed by atoms with Crippen LogP contribution in [-0.4, -0.2) is 17.7 Å². The van der Waals surface area contributed by atoms with Gasteiger partial charge in [0.15, 0.2) is 0 Å². The maximum absolute atomic E-state index is 11.6. The fourth-order valence-corrected chi connectivity index (χ4v) is 2.94. The average Bonchev–Trinajstić information content (AvgIpc) is 3.13. The van der Waals surface area contributed by atoms with E-state index in [1.54, 1.807) is 0 Å². The van der Waals surface area contributed by atoms with E-state index in [0.717, 1.165) is 53.3 Å². The molecule has 0 aliphatic carbocycles. The fraction of sp³-hybridized carbons (Fsp3) is 0.474. The lowest BCUT2D eigenvalue weighted by atomic mass is 9.96. The minimum Gasteiger partial charge on any atom is -0.375 e. The van der Waals surface area contributed by atoms with Crippen LogP contribution in [0.1, 0.15) is 56.5 Å². The van der Waals surface area contributed by atoms with Gasteiger partial charge in [-0.25, -0.2) is 0 Å². The number of aromatic nitrogens is 1. The van der Waals surface area contributed by atoms with Crippen molar-refractivity contribution >= 4 is 11.6 Å². The lowest BCUT2D eigenvalue weighted by Crippen LogP contribution is -2.03. The standard InChI is InChI=1S/C19H24N2O3/c1-4-5-8-23-11-16-18(19(12(2)3)24-21-16)13-6-7-15-14(9-13)10-17(22)20-15/h6-7,9,12H,4-5,8,10-11H2,1-3H3,(H,20,22). The molecule has 1 aliphatic rings. The van der Waals surface area contributed by atoms with Crippen molar-refractivity contribution in [2.45, 2.75) is 52.6 Å². The zero-order valence-electron chi connectivity index (χ0n) is 14.5. The molecule has 5 heteroatoms. The van der Waals surface area contributed by atoms with Gasteiger partial charge in [-0.2, -0.15) is 0 Å². The molecule has 1 amide bonds. The van der Waals surface area contributed by atoms with Crippen LogP contribution in [0.4, 0.5) is 5.69 Å². The molecule has 0 saturated carbocycles. The van der Waals surface area contributed by atoms with E-state index < -0.39 is 0 Å². The molecule has 1 aromatic heterocycles. The van der Waals surface area contributed by atoms with Crippen LogP contribution >= 0.6 is 0 Å². The first kappa shape index (κ1) is 16.7. The summed E-state index contributed by atoms with van der Waals surface area (Å²) in [5.74, 6) is 1.13. The largest absolute Gasteiger partial charge is 0.375 e. The highest BCUT2D eigenvalue weighted by Crippen LogP contribution is 2.36. The van der Waals surface area contributed by atoms with Crippen molar-refractivity contribution in [3.63, 3.8) is 0 Å². The zero-order valence-corrected chi connectivity index (χ0v) is 14.5. The normalized spacial score (nSPS) is 13.4. The van der Waals surface area contributed by atoms with Gasteiger partial charge in [-0.1, -0.05) is 38.4 Å². The van der Waals surface area contributed by atoms with Crippen LogP contribution in [0.25, 0.3) is 11.1 Å². The van der Waals surface area contributed by atoms with E-state index in [1.165, 1.54) is 0 Å². The third kappa shape index (κ3) is 3.36. The van der Waals surface area contributed by atoms with Crippen LogP contribution in [0, 0.1) is 0 Å². The van der Waals surface area contributed by atoms with Gasteiger partial charge in [0.05, 0.1) is 18.6 Å². The lowest BCUT2D eigenvalue weighted by Gasteiger charge is -2.09. The summed E-state index contributed by atoms with van der Waals surface area (Å²) < 4.78 is 11.3. The van der Waals surface area contributed by atoms with Crippen LogP contribution in [0.5, 0.6) is 0 Å². The number of amides is 1. The van der Waals surface area contributed by atoms with Gasteiger partial charge in [-0.05, 0) is 29.7 Å². The molecule has 1 N–H and O–H groups in total. The molecule has 2 heterocycles. The van der Waals surface area contributed by atoms with Crippen molar-refractivity contribution in [1.29, 1.82) is 0 Å². The molecule has 1 aromatic carbocycles. The number of hydrogen-bond donors (Lipinski definition) is 1. The Morgan fingerprint density at radius 3 is 2.96 bits per heavy atom. The maximum Gasteiger partial charge on any atom is 0.228 e. The highest BCUT2D eigenvalue weighted by Gasteiger charge is 2.23. The fourth-order valence-electron chi connectivity index (χ4n) is 2.94. The Bertz CT molecular complexity index is 734. The van der Waals surface area contributed by atoms with Gasteiger partial charge in [0.2, 0.25) is 5.91 Å². The molecule has 0 unspecified atom stereocenters. The minimum absolute atomic E-state index is 0.0414. The van der Waals surface area contributed by atoms with E-state index in [1.807, 2.05) is 12.1 Å². The van der Waals surface area contributed by atoms with Crippen molar-refractivity contribution in [1.82, 2.24) is 5.16 Å². The molecule has 24 heavy (non-hydrogen) atoms. The summed E-state index contributed by atoms with van der Waals surface area (Å²) >= 11 is 0. The van der Waals surface area contributed by atoms with Gasteiger partial charge >= 0.3 is 0 Å². The van der Waals surface area contributed by atoms with Crippen LogP contribution in [0.3, 0.4) is 0 Å². The molecule has 0 spiro atoms. The summed E-state index contributed by atoms with van der Waals surface area (Å²) in [6.07, 6.45) is 2.57. The Kier molecular flexibility index (Phi) is 5.00. The SMILES string of the molecule is CCCCOCc1noc(C(C)C)c1-c1ccc2c(c1)CC(=O)N2. The Balaban J connectivity index is 1.92. The molecule has 5 nitrogen and oxygen atoms in total. The minimum atomic E-state index is 0.0414. The van der Waals surface area contributed by atoms with Crippen molar-refractivity contribution in [2.75, 3.05) is 11.9 Å². The number of ether oxygens (including phenoxy) is 1. The summed E-state index contributed by atoms with van der Waals surface area (Å²) in [5.41, 5.74) is 4.78. The van der Waals surface area contributed by atoms with Crippen LogP contribution < -0.4 is 5.32 Å². The highest BCUT2D eigenvalue weighted by molar-refractivity contribution is 5.99. The van der Waals surface area contributed by atoms with Crippen molar-refractivity contribution in [3.8, 4) is 11.1 Å². The molecule has 0 radical (unpaired) electrons. The number of anilines is 1. The second kappa shape index (κ2) is 7.18. The first-order valence-corrected chi connectivity index (χ1v) is 8.59. The van der Waals surface area contributed by atoms with E-state index in [-0.39, 0.29) is 11.8 Å². The van der Waals surface area contributed by atoms with Crippen LogP contribution in [-0.2, 0) is 22.6 Å². The summed E-state index contributed by atoms with van der Waals surface area (Å²) in [5, 5.41) is 7.10. The average molecular weight is 328 g/mol. The van der Waals surface area contributed by atoms with E-state index in [4.69, 9.17) is 9.26 Å². The molecule has 128 valence electrons. The number of fused-ring (bicyclic) bond motifs is 1. The van der Waals surface area contributed by atoms with E-state index >= 15 is 0 Å². The Morgan fingerprint density at radius 1 is 1.38 bits per heavy atom. The molecule has 3 rings (SSSR count). The number of nitrogens with one attached hydrogen (secondary N) is 1. The number of carbonyl (C=O) groups is 1. The van der Waals surface area contributed by atoms with E-state index in [2.05, 4.69) is 37.3 Å². The smallest absolute Gasteiger partial charge is 0.228 e. The predicted octanol–water partition coefficient (Wildman–Crippen LogP) is 4.28. The number of benzene rings is 1. The molecule has 0 saturated heterocycles. The number of unbranched alkanes of at least 4 members (excludes halogenated alkanes) is 1. The quantitative estimate of drug-likeness (QED) is 0.771. The zero-order chi connectivity index (χ0) is 17.1. The predicted molar refractivity (Wildman–Crippen MR) is 92.9 cm³/mol. The van der Waals surface area contributed by atoms with Crippen molar-refractivity contribution in [2.24, 2.45) is 0 Å². The Hall–Kier alpha value is -2.14. The molecule has 1 aliphatic heterocycles. The summed E-state index contributed by atoms with van der Waals surface area (Å²) in [7, 11) is 0. The highest BCUT2D eigenvalue weighted by atomic mass is 16.5. The Labute approximate surface area is 142 Å². The first-order valence-electron chi connectivity index (χ1n) is 8.59. The topological polar surface area (TPSA) is 64.4 Å². The van der Waals surface area contributed by atoms with Gasteiger partial charge in [0.1, 0.15) is 11.5 Å². The van der Waals surface area contributed by atoms with Crippen molar-refractivity contribution in [3.05, 3.63) is 35.2 Å². The number of hydrogen-bond acceptors (Lipinski definition) is 4. The number of carbonyl (C=O) groups excluding carboxylic acids is 1. The Morgan fingerprint density at radius 2 is 2.21 bits per heavy atom. The summed E-state index contributed by atoms with van der Waals surface area (Å²) in [6, 6.07) is 6.02. The monoisotopic (exact) mass is 328 g/mol. The van der Waals surface area contributed by atoms with Crippen LogP contribution in [0.2, 0.25) is 0 Å². The molecule has 0 bridgehead atoms. The van der Waals surface area contributed by atoms with Crippen LogP contribution in [0.15, 0.2) is 22.7 Å². The summed E-state index contributed by atoms with van der Waals surface area (Å²) in [6.45, 7) is 7.48. The van der Waals surface area contributed by atoms with E-state index in [0.29, 0.717) is 13.0 Å². The third-order valence-electron chi connectivity index (χ3n) is 4.21. The van der Waals surface area contributed by atoms with Gasteiger partial charge in [-0.3, -0.25) is 4.79 Å². The molecular formula is C19H24N2O3. The lowest BCUT2D eigenvalue weighted by molar-refractivity contribution is -0.115. The van der Waals surface area contributed by atoms with E-state index in [9.17, 15) is 4.79 Å². The van der Waals surface area contributed by atoms with Gasteiger partial charge < -0.3 is 14.6 Å². The number of nitrogens with zero attached hydrogens (tertiary/aromatic N) is 1. The van der Waals surface area contributed by atoms with Gasteiger partial charge in [0.25, 0.3) is 0 Å². The third-order valence-corrected chi connectivity index (χ3v) is 4.21. The van der Waals surface area contributed by atoms with Crippen molar-refractivity contribution < 1.29 is 14.1 Å². The second-order valence-electron chi connectivity index (χ2n) is 6.53. The first-order chi connectivity index (χ1) is 11.6. The number of rotatable bonds is 7. The molecule has 2 aromatic rings. The maximum atomic E-state index is 11.6. The summed E-state index contributed by atoms with van der Waals surface area (Å²) in [4.78, 5) is 11.6.